The molecule has 1 aromatic heterocycles. The lowest BCUT2D eigenvalue weighted by Gasteiger charge is -2.12. The molecule has 7 heteroatoms. The van der Waals surface area contributed by atoms with E-state index in [4.69, 9.17) is 0 Å². The van der Waals surface area contributed by atoms with Crippen LogP contribution in [0.25, 0.3) is 10.2 Å². The van der Waals surface area contributed by atoms with E-state index in [1.54, 1.807) is 0 Å². The van der Waals surface area contributed by atoms with Crippen molar-refractivity contribution in [1.29, 1.82) is 0 Å². The molecule has 1 saturated heterocycles. The van der Waals surface area contributed by atoms with Gasteiger partial charge < -0.3 is 5.32 Å². The molecule has 0 unspecified atom stereocenters. The van der Waals surface area contributed by atoms with Crippen LogP contribution in [0.15, 0.2) is 18.2 Å². The van der Waals surface area contributed by atoms with Crippen molar-refractivity contribution in [1.82, 2.24) is 9.88 Å². The second-order valence-corrected chi connectivity index (χ2v) is 6.09. The second kappa shape index (κ2) is 5.84. The highest BCUT2D eigenvalue weighted by atomic mass is 32.1. The highest BCUT2D eigenvalue weighted by molar-refractivity contribution is 7.22. The summed E-state index contributed by atoms with van der Waals surface area (Å²) in [4.78, 5) is 40.5. The predicted octanol–water partition coefficient (Wildman–Crippen LogP) is 1.95. The first kappa shape index (κ1) is 14.6. The average Bonchev–Trinajstić information content (AvgIpc) is 3.04. The zero-order chi connectivity index (χ0) is 15.7. The number of aryl methyl sites for hydroxylation is 1. The number of imide groups is 1. The normalized spacial score (nSPS) is 14.9. The molecule has 2 aromatic rings. The van der Waals surface area contributed by atoms with Crippen molar-refractivity contribution in [2.75, 3.05) is 11.9 Å². The number of thiazole rings is 1. The number of aromatic nitrogens is 1. The zero-order valence-electron chi connectivity index (χ0n) is 12.1. The van der Waals surface area contributed by atoms with Gasteiger partial charge in [0.2, 0.25) is 17.7 Å². The average molecular weight is 317 g/mol. The van der Waals surface area contributed by atoms with Crippen LogP contribution in [0, 0.1) is 0 Å². The molecular weight excluding hydrogens is 302 g/mol. The van der Waals surface area contributed by atoms with Crippen LogP contribution in [0.2, 0.25) is 0 Å². The van der Waals surface area contributed by atoms with Gasteiger partial charge >= 0.3 is 0 Å². The van der Waals surface area contributed by atoms with Crippen molar-refractivity contribution in [3.8, 4) is 0 Å². The van der Waals surface area contributed by atoms with E-state index in [-0.39, 0.29) is 31.2 Å². The Morgan fingerprint density at radius 2 is 2.05 bits per heavy atom. The topological polar surface area (TPSA) is 79.4 Å². The van der Waals surface area contributed by atoms with Crippen LogP contribution in [-0.4, -0.2) is 34.2 Å². The number of benzene rings is 1. The van der Waals surface area contributed by atoms with Gasteiger partial charge in [-0.3, -0.25) is 19.3 Å². The minimum Gasteiger partial charge on any atom is -0.300 e. The summed E-state index contributed by atoms with van der Waals surface area (Å²) in [5, 5.41) is 3.16. The van der Waals surface area contributed by atoms with E-state index in [2.05, 4.69) is 17.2 Å². The minimum absolute atomic E-state index is 0.188. The molecule has 2 heterocycles. The second-order valence-electron chi connectivity index (χ2n) is 5.06. The van der Waals surface area contributed by atoms with E-state index < -0.39 is 5.91 Å². The largest absolute Gasteiger partial charge is 0.300 e. The van der Waals surface area contributed by atoms with Crippen molar-refractivity contribution in [3.05, 3.63) is 23.8 Å². The number of nitrogens with zero attached hydrogens (tertiary/aromatic N) is 2. The van der Waals surface area contributed by atoms with E-state index in [0.717, 1.165) is 27.1 Å². The van der Waals surface area contributed by atoms with Gasteiger partial charge in [0.1, 0.15) is 6.54 Å². The van der Waals surface area contributed by atoms with E-state index >= 15 is 0 Å². The predicted molar refractivity (Wildman–Crippen MR) is 83.6 cm³/mol. The van der Waals surface area contributed by atoms with Gasteiger partial charge in [0, 0.05) is 12.8 Å². The molecule has 0 spiro atoms. The molecule has 1 N–H and O–H groups in total. The summed E-state index contributed by atoms with van der Waals surface area (Å²) in [6, 6.07) is 5.93. The molecule has 3 rings (SSSR count). The van der Waals surface area contributed by atoms with Crippen molar-refractivity contribution in [2.24, 2.45) is 0 Å². The lowest BCUT2D eigenvalue weighted by molar-refractivity contribution is -0.141. The standard InChI is InChI=1S/C15H15N3O3S/c1-2-9-4-3-5-10-14(9)17-15(22-10)16-11(19)8-18-12(20)6-7-13(18)21/h3-5H,2,6-8H2,1H3,(H,16,17,19). The third-order valence-electron chi connectivity index (χ3n) is 3.59. The van der Waals surface area contributed by atoms with Crippen LogP contribution in [0.4, 0.5) is 5.13 Å². The fourth-order valence-electron chi connectivity index (χ4n) is 2.45. The van der Waals surface area contributed by atoms with E-state index in [0.29, 0.717) is 5.13 Å². The molecule has 1 aliphatic rings. The monoisotopic (exact) mass is 317 g/mol. The van der Waals surface area contributed by atoms with Crippen molar-refractivity contribution >= 4 is 44.4 Å². The highest BCUT2D eigenvalue weighted by Crippen LogP contribution is 2.28. The molecule has 6 nitrogen and oxygen atoms in total. The minimum atomic E-state index is -0.402. The summed E-state index contributed by atoms with van der Waals surface area (Å²) in [6.07, 6.45) is 1.24. The van der Waals surface area contributed by atoms with E-state index in [9.17, 15) is 14.4 Å². The maximum absolute atomic E-state index is 12.0. The van der Waals surface area contributed by atoms with Crippen molar-refractivity contribution in [3.63, 3.8) is 0 Å². The number of rotatable bonds is 4. The van der Waals surface area contributed by atoms with E-state index in [1.165, 1.54) is 11.3 Å². The van der Waals surface area contributed by atoms with Crippen LogP contribution >= 0.6 is 11.3 Å². The maximum Gasteiger partial charge on any atom is 0.246 e. The summed E-state index contributed by atoms with van der Waals surface area (Å²) < 4.78 is 1.00. The van der Waals surface area contributed by atoms with Crippen molar-refractivity contribution < 1.29 is 14.4 Å². The zero-order valence-corrected chi connectivity index (χ0v) is 12.9. The van der Waals surface area contributed by atoms with Gasteiger partial charge in [-0.2, -0.15) is 0 Å². The fraction of sp³-hybridized carbons (Fsp3) is 0.333. The number of hydrogen-bond acceptors (Lipinski definition) is 5. The Kier molecular flexibility index (Phi) is 3.89. The summed E-state index contributed by atoms with van der Waals surface area (Å²) >= 11 is 1.38. The number of hydrogen-bond donors (Lipinski definition) is 1. The molecule has 0 radical (unpaired) electrons. The Morgan fingerprint density at radius 3 is 2.73 bits per heavy atom. The van der Waals surface area contributed by atoms with Crippen LogP contribution in [0.5, 0.6) is 0 Å². The molecule has 1 fully saturated rings. The van der Waals surface area contributed by atoms with Gasteiger partial charge in [-0.05, 0) is 18.1 Å². The molecule has 114 valence electrons. The van der Waals surface area contributed by atoms with Gasteiger partial charge in [0.15, 0.2) is 5.13 Å². The van der Waals surface area contributed by atoms with Gasteiger partial charge in [-0.1, -0.05) is 30.4 Å². The molecule has 1 aliphatic heterocycles. The molecule has 22 heavy (non-hydrogen) atoms. The number of carbonyl (C=O) groups excluding carboxylic acids is 3. The van der Waals surface area contributed by atoms with Gasteiger partial charge in [0.25, 0.3) is 0 Å². The Labute approximate surface area is 131 Å². The molecular formula is C15H15N3O3S. The lowest BCUT2D eigenvalue weighted by atomic mass is 10.1. The van der Waals surface area contributed by atoms with Crippen LogP contribution in [0.1, 0.15) is 25.3 Å². The number of amides is 3. The number of anilines is 1. The molecule has 1 aromatic carbocycles. The summed E-state index contributed by atoms with van der Waals surface area (Å²) in [7, 11) is 0. The summed E-state index contributed by atoms with van der Waals surface area (Å²) in [6.45, 7) is 1.81. The lowest BCUT2D eigenvalue weighted by Crippen LogP contribution is -2.36. The quantitative estimate of drug-likeness (QED) is 0.874. The first-order chi connectivity index (χ1) is 10.6. The van der Waals surface area contributed by atoms with Gasteiger partial charge in [-0.15, -0.1) is 0 Å². The first-order valence-electron chi connectivity index (χ1n) is 7.10. The Bertz CT molecular complexity index is 752. The number of likely N-dealkylation sites (tertiary alicyclic amines) is 1. The molecule has 0 aliphatic carbocycles. The molecule has 0 saturated carbocycles. The summed E-state index contributed by atoms with van der Waals surface area (Å²) in [5.41, 5.74) is 2.01. The SMILES string of the molecule is CCc1cccc2sc(NC(=O)CN3C(=O)CCC3=O)nc12. The first-order valence-corrected chi connectivity index (χ1v) is 7.91. The number of para-hydroxylation sites is 1. The van der Waals surface area contributed by atoms with Gasteiger partial charge in [-0.25, -0.2) is 4.98 Å². The third kappa shape index (κ3) is 2.71. The Morgan fingerprint density at radius 1 is 1.32 bits per heavy atom. The van der Waals surface area contributed by atoms with Gasteiger partial charge in [0.05, 0.1) is 10.2 Å². The van der Waals surface area contributed by atoms with Crippen molar-refractivity contribution in [2.45, 2.75) is 26.2 Å². The highest BCUT2D eigenvalue weighted by Gasteiger charge is 2.30. The summed E-state index contributed by atoms with van der Waals surface area (Å²) in [5.74, 6) is -0.990. The Hall–Kier alpha value is -2.28. The fourth-order valence-corrected chi connectivity index (χ4v) is 3.38. The van der Waals surface area contributed by atoms with E-state index in [1.807, 2.05) is 18.2 Å². The maximum atomic E-state index is 12.0. The molecule has 3 amide bonds. The molecule has 0 bridgehead atoms. The smallest absolute Gasteiger partial charge is 0.246 e. The molecule has 0 atom stereocenters. The van der Waals surface area contributed by atoms with Crippen LogP contribution in [-0.2, 0) is 20.8 Å². The third-order valence-corrected chi connectivity index (χ3v) is 4.52. The Balaban J connectivity index is 1.74. The number of fused-ring (bicyclic) bond motifs is 1. The van der Waals surface area contributed by atoms with Crippen LogP contribution < -0.4 is 5.32 Å². The van der Waals surface area contributed by atoms with Crippen LogP contribution in [0.3, 0.4) is 0 Å². The number of nitrogens with one attached hydrogen (secondary N) is 1. The number of carbonyl (C=O) groups is 3.